The van der Waals surface area contributed by atoms with Crippen molar-refractivity contribution in [3.8, 4) is 11.1 Å². The Kier molecular flexibility index (Phi) is 5.28. The van der Waals surface area contributed by atoms with E-state index in [0.29, 0.717) is 11.1 Å². The molecule has 4 aromatic rings. The molecule has 0 aliphatic carbocycles. The van der Waals surface area contributed by atoms with E-state index in [1.807, 2.05) is 35.5 Å². The lowest BCUT2D eigenvalue weighted by atomic mass is 10.0. The van der Waals surface area contributed by atoms with Crippen molar-refractivity contribution in [3.05, 3.63) is 54.1 Å². The third-order valence-corrected chi connectivity index (χ3v) is 8.38. The molecule has 0 saturated carbocycles. The molecule has 7 rings (SSSR count). The average molecular weight is 498 g/mol. The van der Waals surface area contributed by atoms with Crippen LogP contribution in [0.4, 0.5) is 0 Å². The summed E-state index contributed by atoms with van der Waals surface area (Å²) in [6, 6.07) is 6.53. The van der Waals surface area contributed by atoms with Crippen molar-refractivity contribution in [2.45, 2.75) is 44.2 Å². The molecule has 37 heavy (non-hydrogen) atoms. The first kappa shape index (κ1) is 22.5. The van der Waals surface area contributed by atoms with E-state index in [2.05, 4.69) is 31.9 Å². The summed E-state index contributed by atoms with van der Waals surface area (Å²) in [5.74, 6) is 0.116. The van der Waals surface area contributed by atoms with Crippen LogP contribution in [-0.4, -0.2) is 91.4 Å². The summed E-state index contributed by atoms with van der Waals surface area (Å²) in [6.45, 7) is 3.46. The molecular weight excluding hydrogens is 466 g/mol. The van der Waals surface area contributed by atoms with Crippen LogP contribution in [-0.2, 0) is 0 Å². The number of piperidine rings is 1. The van der Waals surface area contributed by atoms with Crippen LogP contribution in [0.2, 0.25) is 0 Å². The number of aromatic amines is 1. The van der Waals surface area contributed by atoms with Crippen LogP contribution in [0.25, 0.3) is 27.7 Å². The number of carbonyl (C=O) groups is 2. The van der Waals surface area contributed by atoms with Gasteiger partial charge in [-0.3, -0.25) is 9.59 Å². The number of hydrogen-bond acceptors (Lipinski definition) is 5. The van der Waals surface area contributed by atoms with Crippen molar-refractivity contribution in [3.63, 3.8) is 0 Å². The number of amides is 2. The highest BCUT2D eigenvalue weighted by molar-refractivity contribution is 6.03. The number of H-pyrrole nitrogens is 1. The summed E-state index contributed by atoms with van der Waals surface area (Å²) in [7, 11) is 2.13. The molecule has 2 atom stereocenters. The van der Waals surface area contributed by atoms with Crippen molar-refractivity contribution < 1.29 is 9.59 Å². The van der Waals surface area contributed by atoms with Crippen LogP contribution >= 0.6 is 0 Å². The minimum Gasteiger partial charge on any atom is -0.346 e. The number of hydrogen-bond donors (Lipinski definition) is 1. The molecule has 1 N–H and O–H groups in total. The second-order valence-electron chi connectivity index (χ2n) is 10.8. The predicted octanol–water partition coefficient (Wildman–Crippen LogP) is 3.42. The van der Waals surface area contributed by atoms with Gasteiger partial charge in [-0.05, 0) is 62.9 Å². The third kappa shape index (κ3) is 3.71. The molecule has 9 nitrogen and oxygen atoms in total. The fourth-order valence-corrected chi connectivity index (χ4v) is 6.53. The van der Waals surface area contributed by atoms with Gasteiger partial charge in [0.05, 0.1) is 22.8 Å². The Morgan fingerprint density at radius 3 is 2.57 bits per heavy atom. The largest absolute Gasteiger partial charge is 0.346 e. The minimum absolute atomic E-state index is 0.0436. The number of carbonyl (C=O) groups excluding carboxylic acids is 2. The summed E-state index contributed by atoms with van der Waals surface area (Å²) in [4.78, 5) is 41.0. The zero-order chi connectivity index (χ0) is 25.1. The Morgan fingerprint density at radius 2 is 1.78 bits per heavy atom. The van der Waals surface area contributed by atoms with Gasteiger partial charge >= 0.3 is 0 Å². The molecule has 2 unspecified atom stereocenters. The van der Waals surface area contributed by atoms with E-state index in [9.17, 15) is 9.59 Å². The van der Waals surface area contributed by atoms with Gasteiger partial charge in [0.25, 0.3) is 11.8 Å². The number of aromatic nitrogens is 4. The Balaban J connectivity index is 1.24. The van der Waals surface area contributed by atoms with Crippen LogP contribution in [0, 0.1) is 0 Å². The number of fused-ring (bicyclic) bond motifs is 4. The van der Waals surface area contributed by atoms with E-state index in [4.69, 9.17) is 0 Å². The lowest BCUT2D eigenvalue weighted by molar-refractivity contribution is 0.0472. The van der Waals surface area contributed by atoms with Gasteiger partial charge in [-0.15, -0.1) is 0 Å². The number of nitrogens with one attached hydrogen (secondary N) is 1. The maximum Gasteiger partial charge on any atom is 0.257 e. The zero-order valence-electron chi connectivity index (χ0n) is 21.1. The average Bonchev–Trinajstić information content (AvgIpc) is 3.61. The van der Waals surface area contributed by atoms with Crippen molar-refractivity contribution >= 4 is 28.4 Å². The molecule has 4 aromatic heterocycles. The SMILES string of the molecule is CN1CC2CCC(C1)N2C(=O)c1cnc2[nH]cc(-c3ccn4ncc(C(=O)N5CCCCC5)c4c3)c2c1. The summed E-state index contributed by atoms with van der Waals surface area (Å²) in [6.07, 6.45) is 12.6. The summed E-state index contributed by atoms with van der Waals surface area (Å²) in [5, 5.41) is 5.33. The number of likely N-dealkylation sites (N-methyl/N-ethyl adjacent to an activating group) is 1. The summed E-state index contributed by atoms with van der Waals surface area (Å²) in [5.41, 5.74) is 4.70. The van der Waals surface area contributed by atoms with Gasteiger partial charge in [-0.1, -0.05) is 0 Å². The number of nitrogens with zero attached hydrogens (tertiary/aromatic N) is 6. The topological polar surface area (TPSA) is 89.8 Å². The van der Waals surface area contributed by atoms with E-state index < -0.39 is 0 Å². The van der Waals surface area contributed by atoms with Crippen molar-refractivity contribution in [1.82, 2.24) is 34.3 Å². The maximum absolute atomic E-state index is 13.6. The van der Waals surface area contributed by atoms with Crippen LogP contribution in [0.1, 0.15) is 52.8 Å². The van der Waals surface area contributed by atoms with Crippen molar-refractivity contribution in [2.75, 3.05) is 33.2 Å². The standard InChI is InChI=1S/C28H31N7O2/c1-32-16-20-5-6-21(17-32)35(20)27(36)19-11-22-23(14-30-26(22)29-13-19)18-7-10-34-25(12-18)24(15-31-34)28(37)33-8-3-2-4-9-33/h7,10-15,20-21H,2-6,8-9,16-17H2,1H3,(H,29,30). The van der Waals surface area contributed by atoms with Gasteiger partial charge in [-0.25, -0.2) is 9.50 Å². The highest BCUT2D eigenvalue weighted by atomic mass is 16.2. The van der Waals surface area contributed by atoms with Crippen LogP contribution in [0.3, 0.4) is 0 Å². The fraction of sp³-hybridized carbons (Fsp3) is 0.429. The smallest absolute Gasteiger partial charge is 0.257 e. The Morgan fingerprint density at radius 1 is 1.00 bits per heavy atom. The quantitative estimate of drug-likeness (QED) is 0.469. The van der Waals surface area contributed by atoms with Crippen LogP contribution in [0.5, 0.6) is 0 Å². The van der Waals surface area contributed by atoms with Crippen LogP contribution < -0.4 is 0 Å². The molecule has 3 aliphatic heterocycles. The van der Waals surface area contributed by atoms with Crippen molar-refractivity contribution in [2.24, 2.45) is 0 Å². The number of pyridine rings is 2. The molecule has 0 aromatic carbocycles. The number of rotatable bonds is 3. The van der Waals surface area contributed by atoms with E-state index >= 15 is 0 Å². The second kappa shape index (κ2) is 8.69. The summed E-state index contributed by atoms with van der Waals surface area (Å²) < 4.78 is 1.76. The molecule has 0 radical (unpaired) electrons. The molecule has 2 amide bonds. The molecule has 3 fully saturated rings. The second-order valence-corrected chi connectivity index (χ2v) is 10.8. The molecule has 0 spiro atoms. The van der Waals surface area contributed by atoms with E-state index in [1.165, 1.54) is 6.42 Å². The molecular formula is C28H31N7O2. The van der Waals surface area contributed by atoms with E-state index in [1.54, 1.807) is 16.9 Å². The Labute approximate surface area is 215 Å². The first-order valence-electron chi connectivity index (χ1n) is 13.3. The van der Waals surface area contributed by atoms with Gasteiger partial charge in [0, 0.05) is 67.8 Å². The fourth-order valence-electron chi connectivity index (χ4n) is 6.53. The first-order valence-corrected chi connectivity index (χ1v) is 13.3. The summed E-state index contributed by atoms with van der Waals surface area (Å²) >= 11 is 0. The minimum atomic E-state index is 0.0436. The van der Waals surface area contributed by atoms with E-state index in [-0.39, 0.29) is 23.9 Å². The first-order chi connectivity index (χ1) is 18.1. The van der Waals surface area contributed by atoms with Gasteiger partial charge in [0.1, 0.15) is 5.65 Å². The maximum atomic E-state index is 13.6. The number of piperazine rings is 1. The monoisotopic (exact) mass is 497 g/mol. The third-order valence-electron chi connectivity index (χ3n) is 8.38. The van der Waals surface area contributed by atoms with Gasteiger partial charge in [-0.2, -0.15) is 5.10 Å². The predicted molar refractivity (Wildman–Crippen MR) is 141 cm³/mol. The molecule has 7 heterocycles. The molecule has 3 aliphatic rings. The molecule has 2 bridgehead atoms. The zero-order valence-corrected chi connectivity index (χ0v) is 21.1. The lowest BCUT2D eigenvalue weighted by Gasteiger charge is -2.39. The van der Waals surface area contributed by atoms with Gasteiger partial charge in [0.2, 0.25) is 0 Å². The van der Waals surface area contributed by atoms with Crippen LogP contribution in [0.15, 0.2) is 43.0 Å². The lowest BCUT2D eigenvalue weighted by Crippen LogP contribution is -2.54. The molecule has 190 valence electrons. The van der Waals surface area contributed by atoms with Crippen molar-refractivity contribution in [1.29, 1.82) is 0 Å². The Bertz CT molecular complexity index is 1500. The molecule has 3 saturated heterocycles. The van der Waals surface area contributed by atoms with Gasteiger partial charge < -0.3 is 19.7 Å². The number of likely N-dealkylation sites (tertiary alicyclic amines) is 2. The van der Waals surface area contributed by atoms with Gasteiger partial charge in [0.15, 0.2) is 0 Å². The highest BCUT2D eigenvalue weighted by Gasteiger charge is 2.41. The normalized spacial score (nSPS) is 22.3. The highest BCUT2D eigenvalue weighted by Crippen LogP contribution is 2.33. The molecule has 9 heteroatoms. The Hall–Kier alpha value is -3.72. The van der Waals surface area contributed by atoms with E-state index in [0.717, 1.165) is 79.5 Å².